The molecular weight excluding hydrogens is 186 g/mol. The van der Waals surface area contributed by atoms with Gasteiger partial charge < -0.3 is 10.1 Å². The van der Waals surface area contributed by atoms with Crippen molar-refractivity contribution in [3.8, 4) is 0 Å². The van der Waals surface area contributed by atoms with Crippen molar-refractivity contribution in [3.63, 3.8) is 0 Å². The number of hydrogen-bond donors (Lipinski definition) is 1. The van der Waals surface area contributed by atoms with E-state index < -0.39 is 0 Å². The Morgan fingerprint density at radius 1 is 1.53 bits per heavy atom. The summed E-state index contributed by atoms with van der Waals surface area (Å²) in [7, 11) is 0. The second-order valence-electron chi connectivity index (χ2n) is 4.23. The van der Waals surface area contributed by atoms with E-state index in [9.17, 15) is 0 Å². The van der Waals surface area contributed by atoms with Crippen LogP contribution in [0.2, 0.25) is 0 Å². The fourth-order valence-corrected chi connectivity index (χ4v) is 1.72. The van der Waals surface area contributed by atoms with Gasteiger partial charge in [-0.3, -0.25) is 0 Å². The van der Waals surface area contributed by atoms with Gasteiger partial charge in [0.15, 0.2) is 0 Å². The molecule has 0 bridgehead atoms. The maximum absolute atomic E-state index is 5.63. The number of imidazole rings is 1. The summed E-state index contributed by atoms with van der Waals surface area (Å²) in [5.41, 5.74) is 9.25. The van der Waals surface area contributed by atoms with Crippen LogP contribution in [0.5, 0.6) is 0 Å². The molecule has 2 N–H and O–H groups in total. The Bertz CT molecular complexity index is 459. The van der Waals surface area contributed by atoms with Gasteiger partial charge in [-0.1, -0.05) is 6.92 Å². The lowest BCUT2D eigenvalue weighted by molar-refractivity contribution is 0.588. The van der Waals surface area contributed by atoms with Crippen molar-refractivity contribution < 1.29 is 0 Å². The highest BCUT2D eigenvalue weighted by Crippen LogP contribution is 2.14. The number of hydrogen-bond acceptors (Lipinski definition) is 2. The molecule has 3 nitrogen and oxygen atoms in total. The molecular formula is C12H17N3. The van der Waals surface area contributed by atoms with Crippen molar-refractivity contribution >= 4 is 5.52 Å². The molecule has 2 rings (SSSR count). The third-order valence-corrected chi connectivity index (χ3v) is 2.72. The van der Waals surface area contributed by atoms with Crippen molar-refractivity contribution in [3.05, 3.63) is 35.9 Å². The van der Waals surface area contributed by atoms with Crippen LogP contribution in [0.25, 0.3) is 5.52 Å². The molecule has 1 atom stereocenters. The van der Waals surface area contributed by atoms with Gasteiger partial charge in [0, 0.05) is 6.20 Å². The predicted molar refractivity (Wildman–Crippen MR) is 61.9 cm³/mol. The molecule has 80 valence electrons. The van der Waals surface area contributed by atoms with E-state index in [0.29, 0.717) is 12.5 Å². The maximum Gasteiger partial charge on any atom is 0.0995 e. The van der Waals surface area contributed by atoms with Crippen LogP contribution in [0.1, 0.15) is 18.2 Å². The average Bonchev–Trinajstić information content (AvgIpc) is 2.61. The van der Waals surface area contributed by atoms with E-state index in [1.54, 1.807) is 0 Å². The minimum absolute atomic E-state index is 0.490. The quantitative estimate of drug-likeness (QED) is 0.826. The highest BCUT2D eigenvalue weighted by atomic mass is 15.0. The molecule has 0 radical (unpaired) electrons. The first-order chi connectivity index (χ1) is 7.20. The third kappa shape index (κ3) is 2.02. The maximum atomic E-state index is 5.63. The zero-order valence-electron chi connectivity index (χ0n) is 9.27. The summed E-state index contributed by atoms with van der Waals surface area (Å²) in [6.07, 6.45) is 4.87. The molecule has 2 aromatic rings. The molecule has 0 saturated carbocycles. The summed E-state index contributed by atoms with van der Waals surface area (Å²) in [6.45, 7) is 4.97. The van der Waals surface area contributed by atoms with Gasteiger partial charge in [0.2, 0.25) is 0 Å². The summed E-state index contributed by atoms with van der Waals surface area (Å²) in [5, 5.41) is 0. The van der Waals surface area contributed by atoms with Gasteiger partial charge in [-0.2, -0.15) is 0 Å². The molecule has 0 fully saturated rings. The van der Waals surface area contributed by atoms with Gasteiger partial charge in [-0.05, 0) is 43.5 Å². The lowest BCUT2D eigenvalue weighted by Crippen LogP contribution is -2.13. The first kappa shape index (κ1) is 10.2. The van der Waals surface area contributed by atoms with Crippen LogP contribution < -0.4 is 5.73 Å². The Morgan fingerprint density at radius 2 is 2.33 bits per heavy atom. The van der Waals surface area contributed by atoms with Gasteiger partial charge in [0.05, 0.1) is 17.5 Å². The fourth-order valence-electron chi connectivity index (χ4n) is 1.72. The Kier molecular flexibility index (Phi) is 2.73. The molecule has 2 aromatic heterocycles. The molecule has 0 spiro atoms. The van der Waals surface area contributed by atoms with Gasteiger partial charge >= 0.3 is 0 Å². The van der Waals surface area contributed by atoms with Gasteiger partial charge in [-0.15, -0.1) is 0 Å². The van der Waals surface area contributed by atoms with Crippen molar-refractivity contribution in [2.24, 2.45) is 11.7 Å². The minimum Gasteiger partial charge on any atom is -0.330 e. The topological polar surface area (TPSA) is 43.3 Å². The van der Waals surface area contributed by atoms with E-state index >= 15 is 0 Å². The number of fused-ring (bicyclic) bond motifs is 1. The molecule has 0 aliphatic carbocycles. The van der Waals surface area contributed by atoms with Crippen molar-refractivity contribution in [2.45, 2.75) is 20.3 Å². The smallest absolute Gasteiger partial charge is 0.0995 e. The van der Waals surface area contributed by atoms with E-state index in [-0.39, 0.29) is 0 Å². The van der Waals surface area contributed by atoms with Crippen molar-refractivity contribution in [1.82, 2.24) is 9.38 Å². The van der Waals surface area contributed by atoms with Crippen LogP contribution in [0.4, 0.5) is 0 Å². The molecule has 0 aliphatic heterocycles. The second-order valence-corrected chi connectivity index (χ2v) is 4.23. The summed E-state index contributed by atoms with van der Waals surface area (Å²) in [4.78, 5) is 4.43. The zero-order chi connectivity index (χ0) is 10.8. The Hall–Kier alpha value is -1.35. The number of aryl methyl sites for hydroxylation is 1. The number of rotatable bonds is 3. The molecule has 2 heterocycles. The number of nitrogens with two attached hydrogens (primary N) is 1. The first-order valence-corrected chi connectivity index (χ1v) is 5.33. The summed E-state index contributed by atoms with van der Waals surface area (Å²) >= 11 is 0. The number of nitrogens with zero attached hydrogens (tertiary/aromatic N) is 2. The van der Waals surface area contributed by atoms with Crippen LogP contribution in [0.15, 0.2) is 24.7 Å². The van der Waals surface area contributed by atoms with E-state index in [1.807, 2.05) is 12.5 Å². The third-order valence-electron chi connectivity index (χ3n) is 2.72. The molecule has 0 aliphatic rings. The molecule has 0 aromatic carbocycles. The normalized spacial score (nSPS) is 13.3. The van der Waals surface area contributed by atoms with Crippen molar-refractivity contribution in [2.75, 3.05) is 6.54 Å². The Balaban J connectivity index is 2.39. The highest BCUT2D eigenvalue weighted by Gasteiger charge is 2.08. The Labute approximate surface area is 89.9 Å². The number of aromatic nitrogens is 2. The largest absolute Gasteiger partial charge is 0.330 e. The lowest BCUT2D eigenvalue weighted by Gasteiger charge is -2.06. The monoisotopic (exact) mass is 203 g/mol. The SMILES string of the molecule is Cc1ccn2cnc(CC(C)CN)c2c1. The van der Waals surface area contributed by atoms with Crippen LogP contribution in [0.3, 0.4) is 0 Å². The van der Waals surface area contributed by atoms with E-state index in [0.717, 1.165) is 12.1 Å². The predicted octanol–water partition coefficient (Wildman–Crippen LogP) is 1.78. The second kappa shape index (κ2) is 4.03. The van der Waals surface area contributed by atoms with E-state index in [1.165, 1.54) is 11.1 Å². The molecule has 1 unspecified atom stereocenters. The zero-order valence-corrected chi connectivity index (χ0v) is 9.27. The van der Waals surface area contributed by atoms with Crippen LogP contribution in [-0.2, 0) is 6.42 Å². The van der Waals surface area contributed by atoms with Crippen LogP contribution in [-0.4, -0.2) is 15.9 Å². The van der Waals surface area contributed by atoms with Gasteiger partial charge in [-0.25, -0.2) is 4.98 Å². The lowest BCUT2D eigenvalue weighted by atomic mass is 10.1. The summed E-state index contributed by atoms with van der Waals surface area (Å²) in [6, 6.07) is 4.26. The molecule has 0 amide bonds. The minimum atomic E-state index is 0.490. The summed E-state index contributed by atoms with van der Waals surface area (Å²) < 4.78 is 2.06. The fraction of sp³-hybridized carbons (Fsp3) is 0.417. The standard InChI is InChI=1S/C12H17N3/c1-9-3-4-15-8-14-11(12(15)6-9)5-10(2)7-13/h3-4,6,8,10H,5,7,13H2,1-2H3. The van der Waals surface area contributed by atoms with Gasteiger partial charge in [0.25, 0.3) is 0 Å². The van der Waals surface area contributed by atoms with E-state index in [2.05, 4.69) is 35.4 Å². The average molecular weight is 203 g/mol. The van der Waals surface area contributed by atoms with E-state index in [4.69, 9.17) is 5.73 Å². The Morgan fingerprint density at radius 3 is 3.07 bits per heavy atom. The van der Waals surface area contributed by atoms with Gasteiger partial charge in [0.1, 0.15) is 0 Å². The van der Waals surface area contributed by atoms with Crippen LogP contribution in [0, 0.1) is 12.8 Å². The van der Waals surface area contributed by atoms with Crippen LogP contribution >= 0.6 is 0 Å². The first-order valence-electron chi connectivity index (χ1n) is 5.33. The summed E-state index contributed by atoms with van der Waals surface area (Å²) in [5.74, 6) is 0.490. The van der Waals surface area contributed by atoms with Crippen molar-refractivity contribution in [1.29, 1.82) is 0 Å². The highest BCUT2D eigenvalue weighted by molar-refractivity contribution is 5.53. The molecule has 15 heavy (non-hydrogen) atoms. The molecule has 3 heteroatoms. The number of pyridine rings is 1. The molecule has 0 saturated heterocycles.